The summed E-state index contributed by atoms with van der Waals surface area (Å²) in [5.74, 6) is 1.84. The summed E-state index contributed by atoms with van der Waals surface area (Å²) in [5, 5.41) is 10.1. The zero-order valence-corrected chi connectivity index (χ0v) is 15.8. The maximum atomic E-state index is 12.8. The Morgan fingerprint density at radius 2 is 1.92 bits per heavy atom. The summed E-state index contributed by atoms with van der Waals surface area (Å²) >= 11 is 0. The predicted molar refractivity (Wildman–Crippen MR) is 101 cm³/mol. The fraction of sp³-hybridized carbons (Fsp3) is 0.773. The SMILES string of the molecule is CCCCCC1=CC2C[C@@H](C)[C@H](/C=C/[C@@H](O)CCCCC)C2C1=O. The topological polar surface area (TPSA) is 37.3 Å². The van der Waals surface area contributed by atoms with Crippen LogP contribution in [0, 0.1) is 23.7 Å². The van der Waals surface area contributed by atoms with Crippen LogP contribution in [0.25, 0.3) is 0 Å². The van der Waals surface area contributed by atoms with Gasteiger partial charge in [-0.2, -0.15) is 0 Å². The number of allylic oxidation sites excluding steroid dienone is 3. The van der Waals surface area contributed by atoms with E-state index in [9.17, 15) is 9.90 Å². The molecule has 0 radical (unpaired) electrons. The van der Waals surface area contributed by atoms with E-state index >= 15 is 0 Å². The molecule has 5 atom stereocenters. The van der Waals surface area contributed by atoms with Gasteiger partial charge in [0, 0.05) is 5.92 Å². The number of ketones is 1. The fourth-order valence-corrected chi connectivity index (χ4v) is 4.51. The molecule has 2 unspecified atom stereocenters. The molecule has 1 saturated carbocycles. The molecular weight excluding hydrogens is 296 g/mol. The highest BCUT2D eigenvalue weighted by atomic mass is 16.3. The number of Topliss-reactive ketones (excluding diaryl/α,β-unsaturated/α-hetero) is 1. The van der Waals surface area contributed by atoms with Gasteiger partial charge in [-0.3, -0.25) is 4.79 Å². The van der Waals surface area contributed by atoms with Crippen molar-refractivity contribution in [3.8, 4) is 0 Å². The number of fused-ring (bicyclic) bond motifs is 1. The highest BCUT2D eigenvalue weighted by molar-refractivity contribution is 6.00. The maximum Gasteiger partial charge on any atom is 0.162 e. The Hall–Kier alpha value is -0.890. The van der Waals surface area contributed by atoms with Gasteiger partial charge in [-0.05, 0) is 49.0 Å². The second kappa shape index (κ2) is 9.56. The molecule has 0 amide bonds. The molecule has 0 saturated heterocycles. The molecule has 0 aliphatic heterocycles. The predicted octanol–water partition coefficient (Wildman–Crippen LogP) is 5.46. The highest BCUT2D eigenvalue weighted by Crippen LogP contribution is 2.49. The first-order valence-electron chi connectivity index (χ1n) is 10.2. The third-order valence-electron chi connectivity index (χ3n) is 5.92. The Morgan fingerprint density at radius 3 is 2.62 bits per heavy atom. The van der Waals surface area contributed by atoms with Gasteiger partial charge in [0.05, 0.1) is 6.10 Å². The number of carbonyl (C=O) groups excluding carboxylic acids is 1. The van der Waals surface area contributed by atoms with Gasteiger partial charge in [0.1, 0.15) is 0 Å². The van der Waals surface area contributed by atoms with Crippen molar-refractivity contribution in [1.29, 1.82) is 0 Å². The van der Waals surface area contributed by atoms with Crippen LogP contribution in [0.15, 0.2) is 23.8 Å². The van der Waals surface area contributed by atoms with Crippen molar-refractivity contribution in [2.45, 2.75) is 84.7 Å². The molecule has 2 aliphatic rings. The number of hydrogen-bond donors (Lipinski definition) is 1. The van der Waals surface area contributed by atoms with Gasteiger partial charge >= 0.3 is 0 Å². The normalized spacial score (nSPS) is 30.8. The molecule has 2 rings (SSSR count). The molecular formula is C22H36O2. The molecule has 0 aromatic heterocycles. The van der Waals surface area contributed by atoms with Gasteiger partial charge in [-0.15, -0.1) is 0 Å². The summed E-state index contributed by atoms with van der Waals surface area (Å²) in [4.78, 5) is 12.8. The Balaban J connectivity index is 1.92. The van der Waals surface area contributed by atoms with Crippen molar-refractivity contribution >= 4 is 5.78 Å². The van der Waals surface area contributed by atoms with Gasteiger partial charge in [0.25, 0.3) is 0 Å². The van der Waals surface area contributed by atoms with Crippen molar-refractivity contribution in [3.05, 3.63) is 23.8 Å². The van der Waals surface area contributed by atoms with Crippen molar-refractivity contribution < 1.29 is 9.90 Å². The Morgan fingerprint density at radius 1 is 1.21 bits per heavy atom. The quantitative estimate of drug-likeness (QED) is 0.426. The first-order chi connectivity index (χ1) is 11.6. The van der Waals surface area contributed by atoms with Gasteiger partial charge in [-0.25, -0.2) is 0 Å². The van der Waals surface area contributed by atoms with Crippen LogP contribution in [-0.2, 0) is 4.79 Å². The minimum Gasteiger partial charge on any atom is -0.389 e. The minimum atomic E-state index is -0.351. The first kappa shape index (κ1) is 19.4. The molecule has 1 fully saturated rings. The second-order valence-electron chi connectivity index (χ2n) is 7.94. The van der Waals surface area contributed by atoms with Gasteiger partial charge in [0.15, 0.2) is 5.78 Å². The second-order valence-corrected chi connectivity index (χ2v) is 7.94. The van der Waals surface area contributed by atoms with Crippen LogP contribution in [-0.4, -0.2) is 17.0 Å². The summed E-state index contributed by atoms with van der Waals surface area (Å²) in [6.07, 6.45) is 16.0. The maximum absolute atomic E-state index is 12.8. The van der Waals surface area contributed by atoms with E-state index in [2.05, 4.69) is 32.9 Å². The third kappa shape index (κ3) is 4.81. The largest absolute Gasteiger partial charge is 0.389 e. The standard InChI is InChI=1S/C22H36O2/c1-4-6-8-10-17-15-18-14-16(3)20(21(18)22(17)24)13-12-19(23)11-9-7-5-2/h12-13,15-16,18-21,23H,4-11,14H2,1-3H3/b13-12+/t16-,18?,19+,20+,21?/m1/s1. The van der Waals surface area contributed by atoms with Crippen LogP contribution in [0.4, 0.5) is 0 Å². The number of carbonyl (C=O) groups is 1. The minimum absolute atomic E-state index is 0.149. The van der Waals surface area contributed by atoms with Crippen molar-refractivity contribution in [3.63, 3.8) is 0 Å². The zero-order valence-electron chi connectivity index (χ0n) is 15.8. The first-order valence-corrected chi connectivity index (χ1v) is 10.2. The summed E-state index contributed by atoms with van der Waals surface area (Å²) in [7, 11) is 0. The molecule has 136 valence electrons. The van der Waals surface area contributed by atoms with Crippen LogP contribution in [0.2, 0.25) is 0 Å². The van der Waals surface area contributed by atoms with E-state index in [1.165, 1.54) is 25.7 Å². The highest BCUT2D eigenvalue weighted by Gasteiger charge is 2.47. The van der Waals surface area contributed by atoms with E-state index in [-0.39, 0.29) is 12.0 Å². The Bertz CT molecular complexity index is 463. The monoisotopic (exact) mass is 332 g/mol. The van der Waals surface area contributed by atoms with Crippen LogP contribution < -0.4 is 0 Å². The van der Waals surface area contributed by atoms with Gasteiger partial charge in [0.2, 0.25) is 0 Å². The lowest BCUT2D eigenvalue weighted by molar-refractivity contribution is -0.119. The summed E-state index contributed by atoms with van der Waals surface area (Å²) < 4.78 is 0. The molecule has 0 heterocycles. The number of rotatable bonds is 10. The smallest absolute Gasteiger partial charge is 0.162 e. The summed E-state index contributed by atoms with van der Waals surface area (Å²) in [6, 6.07) is 0. The lowest BCUT2D eigenvalue weighted by atomic mass is 9.85. The van der Waals surface area contributed by atoms with Crippen LogP contribution in [0.5, 0.6) is 0 Å². The average Bonchev–Trinajstić information content (AvgIpc) is 3.02. The molecule has 1 N–H and O–H groups in total. The molecule has 2 nitrogen and oxygen atoms in total. The van der Waals surface area contributed by atoms with Crippen LogP contribution >= 0.6 is 0 Å². The molecule has 0 spiro atoms. The van der Waals surface area contributed by atoms with Crippen molar-refractivity contribution in [2.75, 3.05) is 0 Å². The van der Waals surface area contributed by atoms with Crippen LogP contribution in [0.3, 0.4) is 0 Å². The summed E-state index contributed by atoms with van der Waals surface area (Å²) in [5.41, 5.74) is 1.09. The van der Waals surface area contributed by atoms with E-state index < -0.39 is 0 Å². The van der Waals surface area contributed by atoms with Gasteiger partial charge < -0.3 is 5.11 Å². The van der Waals surface area contributed by atoms with E-state index in [1.807, 2.05) is 6.08 Å². The number of aliphatic hydroxyl groups excluding tert-OH is 1. The third-order valence-corrected chi connectivity index (χ3v) is 5.92. The number of hydrogen-bond acceptors (Lipinski definition) is 2. The lowest BCUT2D eigenvalue weighted by Crippen LogP contribution is -2.21. The van der Waals surface area contributed by atoms with E-state index in [4.69, 9.17) is 0 Å². The van der Waals surface area contributed by atoms with E-state index in [1.54, 1.807) is 0 Å². The molecule has 0 aromatic carbocycles. The molecule has 0 aromatic rings. The molecule has 2 aliphatic carbocycles. The Labute approximate surface area is 148 Å². The van der Waals surface area contributed by atoms with Crippen LogP contribution in [0.1, 0.15) is 78.6 Å². The lowest BCUT2D eigenvalue weighted by Gasteiger charge is -2.18. The molecule has 0 bridgehead atoms. The van der Waals surface area contributed by atoms with E-state index in [0.29, 0.717) is 23.5 Å². The summed E-state index contributed by atoms with van der Waals surface area (Å²) in [6.45, 7) is 6.64. The Kier molecular flexibility index (Phi) is 7.74. The zero-order chi connectivity index (χ0) is 17.5. The van der Waals surface area contributed by atoms with Crippen molar-refractivity contribution in [1.82, 2.24) is 0 Å². The van der Waals surface area contributed by atoms with E-state index in [0.717, 1.165) is 37.7 Å². The average molecular weight is 333 g/mol. The molecule has 24 heavy (non-hydrogen) atoms. The number of aliphatic hydroxyl groups is 1. The van der Waals surface area contributed by atoms with Crippen molar-refractivity contribution in [2.24, 2.45) is 23.7 Å². The number of unbranched alkanes of at least 4 members (excludes halogenated alkanes) is 4. The fourth-order valence-electron chi connectivity index (χ4n) is 4.51. The van der Waals surface area contributed by atoms with Gasteiger partial charge in [-0.1, -0.05) is 71.1 Å². The molecule has 2 heteroatoms.